The summed E-state index contributed by atoms with van der Waals surface area (Å²) in [7, 11) is 0. The molecule has 3 nitrogen and oxygen atoms in total. The summed E-state index contributed by atoms with van der Waals surface area (Å²) in [5.74, 6) is -0.0235. The van der Waals surface area contributed by atoms with Gasteiger partial charge in [0, 0.05) is 0 Å². The highest BCUT2D eigenvalue weighted by Gasteiger charge is 2.50. The zero-order valence-electron chi connectivity index (χ0n) is 9.15. The Bertz CT molecular complexity index is 251. The van der Waals surface area contributed by atoms with Crippen molar-refractivity contribution in [3.8, 4) is 0 Å². The molecule has 1 aliphatic carbocycles. The lowest BCUT2D eigenvalue weighted by molar-refractivity contribution is -0.126. The summed E-state index contributed by atoms with van der Waals surface area (Å²) >= 11 is 3.38. The first-order valence-corrected chi connectivity index (χ1v) is 5.62. The van der Waals surface area contributed by atoms with Crippen LogP contribution in [-0.2, 0) is 4.79 Å². The Morgan fingerprint density at radius 3 is 2.07 bits per heavy atom. The maximum atomic E-state index is 11.7. The molecule has 14 heavy (non-hydrogen) atoms. The fourth-order valence-electron chi connectivity index (χ4n) is 0.886. The normalized spacial score (nSPS) is 20.4. The lowest BCUT2D eigenvalue weighted by Gasteiger charge is -2.38. The molecule has 0 spiro atoms. The number of halogens is 1. The van der Waals surface area contributed by atoms with Gasteiger partial charge in [0.15, 0.2) is 0 Å². The van der Waals surface area contributed by atoms with Crippen LogP contribution in [0.25, 0.3) is 0 Å². The lowest BCUT2D eigenvalue weighted by atomic mass is 9.86. The molecule has 0 unspecified atom stereocenters. The molecule has 0 bridgehead atoms. The highest BCUT2D eigenvalue weighted by Crippen LogP contribution is 2.45. The largest absolute Gasteiger partial charge is 0.388 e. The molecule has 1 aliphatic rings. The minimum absolute atomic E-state index is 0.0235. The molecule has 1 fully saturated rings. The first kappa shape index (κ1) is 12.0. The minimum atomic E-state index is -0.930. The van der Waals surface area contributed by atoms with Gasteiger partial charge >= 0.3 is 0 Å². The molecule has 1 amide bonds. The van der Waals surface area contributed by atoms with Crippen molar-refractivity contribution in [1.29, 1.82) is 0 Å². The molecule has 1 saturated carbocycles. The number of hydrogen-bond acceptors (Lipinski definition) is 2. The summed E-state index contributed by atoms with van der Waals surface area (Å²) in [5, 5.41) is 12.7. The molecule has 2 N–H and O–H groups in total. The smallest absolute Gasteiger partial charge is 0.237 e. The van der Waals surface area contributed by atoms with E-state index in [-0.39, 0.29) is 10.2 Å². The summed E-state index contributed by atoms with van der Waals surface area (Å²) in [5.41, 5.74) is -1.55. The van der Waals surface area contributed by atoms with Crippen LogP contribution in [0.1, 0.15) is 40.5 Å². The van der Waals surface area contributed by atoms with Gasteiger partial charge in [-0.05, 0) is 40.5 Å². The third kappa shape index (κ3) is 2.28. The number of amides is 1. The van der Waals surface area contributed by atoms with Crippen molar-refractivity contribution < 1.29 is 9.90 Å². The van der Waals surface area contributed by atoms with E-state index in [1.165, 1.54) is 0 Å². The van der Waals surface area contributed by atoms with E-state index in [9.17, 15) is 9.90 Å². The van der Waals surface area contributed by atoms with E-state index in [2.05, 4.69) is 21.2 Å². The first-order chi connectivity index (χ1) is 6.08. The molecule has 0 heterocycles. The molecule has 0 aromatic carbocycles. The summed E-state index contributed by atoms with van der Waals surface area (Å²) < 4.78 is -0.366. The number of carbonyl (C=O) groups is 1. The van der Waals surface area contributed by atoms with Crippen LogP contribution < -0.4 is 5.32 Å². The van der Waals surface area contributed by atoms with Crippen molar-refractivity contribution in [2.24, 2.45) is 0 Å². The van der Waals surface area contributed by atoms with Crippen LogP contribution in [0.15, 0.2) is 0 Å². The van der Waals surface area contributed by atoms with Crippen LogP contribution in [0, 0.1) is 0 Å². The molecule has 0 saturated heterocycles. The van der Waals surface area contributed by atoms with Crippen molar-refractivity contribution in [1.82, 2.24) is 5.32 Å². The highest BCUT2D eigenvalue weighted by molar-refractivity contribution is 9.10. The Hall–Kier alpha value is -0.0900. The second kappa shape index (κ2) is 3.20. The third-order valence-electron chi connectivity index (χ3n) is 3.05. The second-order valence-corrected chi connectivity index (χ2v) is 6.62. The number of alkyl halides is 1. The number of carbonyl (C=O) groups excluding carboxylic acids is 1. The summed E-state index contributed by atoms with van der Waals surface area (Å²) in [6.07, 6.45) is 1.75. The van der Waals surface area contributed by atoms with Gasteiger partial charge in [-0.3, -0.25) is 4.79 Å². The Morgan fingerprint density at radius 2 is 1.79 bits per heavy atom. The van der Waals surface area contributed by atoms with Gasteiger partial charge in [-0.2, -0.15) is 0 Å². The van der Waals surface area contributed by atoms with Crippen molar-refractivity contribution in [2.45, 2.75) is 56.0 Å². The van der Waals surface area contributed by atoms with Crippen molar-refractivity contribution in [3.05, 3.63) is 0 Å². The fraction of sp³-hybridized carbons (Fsp3) is 0.900. The van der Waals surface area contributed by atoms with Gasteiger partial charge in [-0.25, -0.2) is 0 Å². The molecular weight excluding hydrogens is 246 g/mol. The van der Waals surface area contributed by atoms with Crippen LogP contribution in [0.3, 0.4) is 0 Å². The number of hydrogen-bond donors (Lipinski definition) is 2. The van der Waals surface area contributed by atoms with Crippen molar-refractivity contribution in [3.63, 3.8) is 0 Å². The van der Waals surface area contributed by atoms with E-state index in [1.807, 2.05) is 13.8 Å². The SMILES string of the molecule is CC(C)(O)C(C)(C)NC(=O)C1(Br)CC1. The number of nitrogens with one attached hydrogen (secondary N) is 1. The zero-order chi connectivity index (χ0) is 11.2. The van der Waals surface area contributed by atoms with Gasteiger partial charge < -0.3 is 10.4 Å². The lowest BCUT2D eigenvalue weighted by Crippen LogP contribution is -2.59. The first-order valence-electron chi connectivity index (χ1n) is 4.82. The molecule has 4 heteroatoms. The maximum Gasteiger partial charge on any atom is 0.237 e. The van der Waals surface area contributed by atoms with Gasteiger partial charge in [0.25, 0.3) is 0 Å². The molecule has 0 radical (unpaired) electrons. The van der Waals surface area contributed by atoms with Crippen LogP contribution in [-0.4, -0.2) is 26.5 Å². The van der Waals surface area contributed by atoms with Crippen LogP contribution in [0.2, 0.25) is 0 Å². The number of aliphatic hydroxyl groups is 1. The minimum Gasteiger partial charge on any atom is -0.388 e. The van der Waals surface area contributed by atoms with E-state index in [0.717, 1.165) is 12.8 Å². The van der Waals surface area contributed by atoms with E-state index in [1.54, 1.807) is 13.8 Å². The standard InChI is InChI=1S/C10H18BrNO2/c1-8(2,9(3,4)14)12-7(13)10(11)5-6-10/h14H,5-6H2,1-4H3,(H,12,13). The maximum absolute atomic E-state index is 11.7. The second-order valence-electron chi connectivity index (χ2n) is 5.10. The van der Waals surface area contributed by atoms with Crippen LogP contribution >= 0.6 is 15.9 Å². The molecule has 82 valence electrons. The molecule has 1 rings (SSSR count). The predicted octanol–water partition coefficient (Wildman–Crippen LogP) is 1.58. The van der Waals surface area contributed by atoms with Gasteiger partial charge in [-0.15, -0.1) is 0 Å². The topological polar surface area (TPSA) is 49.3 Å². The molecule has 0 aliphatic heterocycles. The Balaban J connectivity index is 2.64. The van der Waals surface area contributed by atoms with Gasteiger partial charge in [-0.1, -0.05) is 15.9 Å². The Labute approximate surface area is 93.4 Å². The van der Waals surface area contributed by atoms with E-state index in [4.69, 9.17) is 0 Å². The molecular formula is C10H18BrNO2. The zero-order valence-corrected chi connectivity index (χ0v) is 10.7. The highest BCUT2D eigenvalue weighted by atomic mass is 79.9. The summed E-state index contributed by atoms with van der Waals surface area (Å²) in [6, 6.07) is 0. The predicted molar refractivity (Wildman–Crippen MR) is 59.4 cm³/mol. The van der Waals surface area contributed by atoms with Gasteiger partial charge in [0.1, 0.15) is 4.32 Å². The monoisotopic (exact) mass is 263 g/mol. The molecule has 0 aromatic heterocycles. The third-order valence-corrected chi connectivity index (χ3v) is 4.20. The van der Waals surface area contributed by atoms with E-state index >= 15 is 0 Å². The Kier molecular flexibility index (Phi) is 2.74. The van der Waals surface area contributed by atoms with Crippen LogP contribution in [0.4, 0.5) is 0 Å². The summed E-state index contributed by atoms with van der Waals surface area (Å²) in [4.78, 5) is 11.7. The molecule has 0 aromatic rings. The van der Waals surface area contributed by atoms with Crippen LogP contribution in [0.5, 0.6) is 0 Å². The Morgan fingerprint density at radius 1 is 1.36 bits per heavy atom. The molecule has 0 atom stereocenters. The average Bonchev–Trinajstić information content (AvgIpc) is 2.65. The quantitative estimate of drug-likeness (QED) is 0.760. The average molecular weight is 264 g/mol. The van der Waals surface area contributed by atoms with Gasteiger partial charge in [0.2, 0.25) is 5.91 Å². The summed E-state index contributed by atoms with van der Waals surface area (Å²) in [6.45, 7) is 7.04. The fourth-order valence-corrected chi connectivity index (χ4v) is 1.18. The van der Waals surface area contributed by atoms with Crippen molar-refractivity contribution in [2.75, 3.05) is 0 Å². The van der Waals surface area contributed by atoms with Crippen molar-refractivity contribution >= 4 is 21.8 Å². The van der Waals surface area contributed by atoms with E-state index < -0.39 is 11.1 Å². The number of rotatable bonds is 3. The van der Waals surface area contributed by atoms with E-state index in [0.29, 0.717) is 0 Å². The van der Waals surface area contributed by atoms with Gasteiger partial charge in [0.05, 0.1) is 11.1 Å².